The highest BCUT2D eigenvalue weighted by Crippen LogP contribution is 2.48. The summed E-state index contributed by atoms with van der Waals surface area (Å²) in [5.74, 6) is -0.779. The number of halogens is 1. The first-order valence-corrected chi connectivity index (χ1v) is 10.5. The van der Waals surface area contributed by atoms with Crippen molar-refractivity contribution in [2.75, 3.05) is 26.3 Å². The van der Waals surface area contributed by atoms with Gasteiger partial charge in [0.15, 0.2) is 5.78 Å². The summed E-state index contributed by atoms with van der Waals surface area (Å²) in [4.78, 5) is 28.6. The molecule has 6 heteroatoms. The number of hydrogen-bond donors (Lipinski definition) is 1. The second-order valence-corrected chi connectivity index (χ2v) is 9.36. The van der Waals surface area contributed by atoms with Crippen LogP contribution < -0.4 is 5.32 Å². The molecular weight excluding hydrogens is 388 g/mol. The van der Waals surface area contributed by atoms with E-state index in [0.29, 0.717) is 43.4 Å². The Hall–Kier alpha value is -2.11. The first-order valence-electron chi connectivity index (χ1n) is 10.1. The van der Waals surface area contributed by atoms with Gasteiger partial charge in [-0.25, -0.2) is 0 Å². The number of Topliss-reactive ketones (excluding diaryl/α,β-unsaturated/α-hetero) is 1. The predicted molar refractivity (Wildman–Crippen MR) is 112 cm³/mol. The number of carbonyl (C=O) groups excluding carboxylic acids is 2. The molecule has 0 radical (unpaired) electrons. The highest BCUT2D eigenvalue weighted by molar-refractivity contribution is 6.30. The summed E-state index contributed by atoms with van der Waals surface area (Å²) >= 11 is 6.11. The number of amides is 1. The van der Waals surface area contributed by atoms with Crippen LogP contribution in [-0.2, 0) is 14.3 Å². The maximum absolute atomic E-state index is 13.5. The Labute approximate surface area is 176 Å². The van der Waals surface area contributed by atoms with Gasteiger partial charge in [-0.2, -0.15) is 0 Å². The second kappa shape index (κ2) is 7.62. The number of nitrogens with one attached hydrogen (secondary N) is 1. The van der Waals surface area contributed by atoms with E-state index in [1.165, 1.54) is 0 Å². The maximum Gasteiger partial charge on any atom is 0.232 e. The zero-order chi connectivity index (χ0) is 20.8. The van der Waals surface area contributed by atoms with Gasteiger partial charge in [0.25, 0.3) is 0 Å². The molecule has 0 aromatic heterocycles. The fourth-order valence-corrected chi connectivity index (χ4v) is 4.87. The number of morpholine rings is 1. The molecule has 154 valence electrons. The number of hydrogen-bond acceptors (Lipinski definition) is 4. The number of allylic oxidation sites excluding steroid dienone is 2. The molecule has 0 saturated carbocycles. The van der Waals surface area contributed by atoms with Gasteiger partial charge < -0.3 is 15.0 Å². The molecule has 5 nitrogen and oxygen atoms in total. The minimum absolute atomic E-state index is 0.00469. The van der Waals surface area contributed by atoms with Crippen molar-refractivity contribution in [1.29, 1.82) is 0 Å². The predicted octanol–water partition coefficient (Wildman–Crippen LogP) is 3.66. The molecule has 3 aliphatic rings. The number of benzene rings is 1. The Kier molecular flexibility index (Phi) is 5.30. The zero-order valence-electron chi connectivity index (χ0n) is 17.0. The first-order chi connectivity index (χ1) is 13.8. The lowest BCUT2D eigenvalue weighted by molar-refractivity contribution is -0.139. The fraction of sp³-hybridized carbons (Fsp3) is 0.478. The SMILES string of the molecule is C=C1NC2=C(C(=O)CC(C)(C)C2)C(c2ccc(Cl)cc2)C1C(=O)N1CCOCC1. The highest BCUT2D eigenvalue weighted by atomic mass is 35.5. The van der Waals surface area contributed by atoms with Crippen molar-refractivity contribution >= 4 is 23.3 Å². The van der Waals surface area contributed by atoms with E-state index in [-0.39, 0.29) is 23.0 Å². The molecule has 1 aromatic carbocycles. The molecular formula is C23H27ClN2O3. The fourth-order valence-electron chi connectivity index (χ4n) is 4.75. The van der Waals surface area contributed by atoms with Crippen LogP contribution >= 0.6 is 11.6 Å². The van der Waals surface area contributed by atoms with E-state index in [2.05, 4.69) is 25.7 Å². The summed E-state index contributed by atoms with van der Waals surface area (Å²) in [7, 11) is 0. The normalized spacial score (nSPS) is 26.8. The van der Waals surface area contributed by atoms with Gasteiger partial charge in [-0.15, -0.1) is 0 Å². The van der Waals surface area contributed by atoms with E-state index in [0.717, 1.165) is 23.3 Å². The number of rotatable bonds is 2. The van der Waals surface area contributed by atoms with Crippen LogP contribution in [0, 0.1) is 11.3 Å². The van der Waals surface area contributed by atoms with Gasteiger partial charge in [0.05, 0.1) is 19.1 Å². The average Bonchev–Trinajstić information content (AvgIpc) is 2.67. The Balaban J connectivity index is 1.81. The van der Waals surface area contributed by atoms with Crippen molar-refractivity contribution in [3.05, 3.63) is 58.4 Å². The lowest BCUT2D eigenvalue weighted by Gasteiger charge is -2.44. The van der Waals surface area contributed by atoms with Crippen LogP contribution in [0.25, 0.3) is 0 Å². The van der Waals surface area contributed by atoms with Crippen LogP contribution in [0.15, 0.2) is 47.8 Å². The molecule has 2 unspecified atom stereocenters. The molecule has 2 atom stereocenters. The van der Waals surface area contributed by atoms with Crippen LogP contribution in [0.2, 0.25) is 5.02 Å². The average molecular weight is 415 g/mol. The van der Waals surface area contributed by atoms with Crippen LogP contribution in [0.3, 0.4) is 0 Å². The third-order valence-corrected chi connectivity index (χ3v) is 6.32. The summed E-state index contributed by atoms with van der Waals surface area (Å²) in [6, 6.07) is 7.47. The van der Waals surface area contributed by atoms with Gasteiger partial charge in [-0.3, -0.25) is 9.59 Å². The lowest BCUT2D eigenvalue weighted by atomic mass is 9.66. The largest absolute Gasteiger partial charge is 0.378 e. The van der Waals surface area contributed by atoms with Gasteiger partial charge in [0.2, 0.25) is 5.91 Å². The van der Waals surface area contributed by atoms with Crippen molar-refractivity contribution < 1.29 is 14.3 Å². The van der Waals surface area contributed by atoms with Crippen molar-refractivity contribution in [2.24, 2.45) is 11.3 Å². The monoisotopic (exact) mass is 414 g/mol. The number of ketones is 1. The minimum Gasteiger partial charge on any atom is -0.378 e. The Morgan fingerprint density at radius 1 is 1.21 bits per heavy atom. The van der Waals surface area contributed by atoms with Gasteiger partial charge in [-0.1, -0.05) is 44.2 Å². The number of carbonyl (C=O) groups is 2. The van der Waals surface area contributed by atoms with E-state index in [9.17, 15) is 9.59 Å². The standard InChI is InChI=1S/C23H27ClN2O3/c1-14-19(22(28)26-8-10-29-11-9-26)20(15-4-6-16(24)7-5-15)21-17(25-14)12-23(2,3)13-18(21)27/h4-7,19-20,25H,1,8-13H2,2-3H3. The molecule has 0 spiro atoms. The smallest absolute Gasteiger partial charge is 0.232 e. The molecule has 1 amide bonds. The summed E-state index contributed by atoms with van der Waals surface area (Å²) in [5, 5.41) is 3.97. The lowest BCUT2D eigenvalue weighted by Crippen LogP contribution is -2.50. The Morgan fingerprint density at radius 3 is 2.52 bits per heavy atom. The Bertz CT molecular complexity index is 882. The van der Waals surface area contributed by atoms with E-state index in [1.54, 1.807) is 0 Å². The molecule has 4 rings (SSSR count). The summed E-state index contributed by atoms with van der Waals surface area (Å²) in [6.45, 7) is 10.6. The van der Waals surface area contributed by atoms with Crippen LogP contribution in [0.5, 0.6) is 0 Å². The van der Waals surface area contributed by atoms with Crippen molar-refractivity contribution in [3.63, 3.8) is 0 Å². The van der Waals surface area contributed by atoms with Gasteiger partial charge in [-0.05, 0) is 29.5 Å². The molecule has 2 heterocycles. The third-order valence-electron chi connectivity index (χ3n) is 6.07. The van der Waals surface area contributed by atoms with Gasteiger partial charge in [0.1, 0.15) is 0 Å². The van der Waals surface area contributed by atoms with Crippen LogP contribution in [0.4, 0.5) is 0 Å². The first kappa shape index (κ1) is 20.2. The summed E-state index contributed by atoms with van der Waals surface area (Å²) in [6.07, 6.45) is 1.23. The maximum atomic E-state index is 13.5. The number of nitrogens with zero attached hydrogens (tertiary/aromatic N) is 1. The summed E-state index contributed by atoms with van der Waals surface area (Å²) < 4.78 is 5.40. The molecule has 1 aliphatic carbocycles. The Morgan fingerprint density at radius 2 is 1.86 bits per heavy atom. The topological polar surface area (TPSA) is 58.6 Å². The molecule has 0 bridgehead atoms. The highest BCUT2D eigenvalue weighted by Gasteiger charge is 2.47. The van der Waals surface area contributed by atoms with Crippen molar-refractivity contribution in [3.8, 4) is 0 Å². The van der Waals surface area contributed by atoms with Crippen molar-refractivity contribution in [2.45, 2.75) is 32.6 Å². The molecule has 1 aromatic rings. The van der Waals surface area contributed by atoms with Crippen LogP contribution in [0.1, 0.15) is 38.2 Å². The molecule has 29 heavy (non-hydrogen) atoms. The molecule has 2 aliphatic heterocycles. The molecule has 1 saturated heterocycles. The zero-order valence-corrected chi connectivity index (χ0v) is 17.7. The van der Waals surface area contributed by atoms with Crippen LogP contribution in [-0.4, -0.2) is 42.9 Å². The van der Waals surface area contributed by atoms with Crippen molar-refractivity contribution in [1.82, 2.24) is 10.2 Å². The quantitative estimate of drug-likeness (QED) is 0.802. The minimum atomic E-state index is -0.529. The molecule has 1 N–H and O–H groups in total. The van der Waals surface area contributed by atoms with E-state index >= 15 is 0 Å². The summed E-state index contributed by atoms with van der Waals surface area (Å²) in [5.41, 5.74) is 3.09. The molecule has 1 fully saturated rings. The number of ether oxygens (including phenoxy) is 1. The van der Waals surface area contributed by atoms with E-state index in [1.807, 2.05) is 29.2 Å². The van der Waals surface area contributed by atoms with E-state index < -0.39 is 5.92 Å². The van der Waals surface area contributed by atoms with Gasteiger partial charge in [0, 0.05) is 47.4 Å². The second-order valence-electron chi connectivity index (χ2n) is 8.93. The third kappa shape index (κ3) is 3.86. The van der Waals surface area contributed by atoms with Gasteiger partial charge >= 0.3 is 0 Å². The van der Waals surface area contributed by atoms with E-state index in [4.69, 9.17) is 16.3 Å².